The Morgan fingerprint density at radius 2 is 2.06 bits per heavy atom. The van der Waals surface area contributed by atoms with E-state index in [2.05, 4.69) is 4.98 Å². The number of para-hydroxylation sites is 1. The predicted octanol–water partition coefficient (Wildman–Crippen LogP) is 3.19. The maximum absolute atomic E-state index is 13.4. The largest absolute Gasteiger partial charge is 0.435 e. The summed E-state index contributed by atoms with van der Waals surface area (Å²) in [5.41, 5.74) is 1.06. The Hall–Kier alpha value is -2.41. The monoisotopic (exact) mass is 228 g/mol. The molecule has 2 rings (SSSR count). The molecule has 0 amide bonds. The van der Waals surface area contributed by atoms with Gasteiger partial charge in [0.15, 0.2) is 11.6 Å². The quantitative estimate of drug-likeness (QED) is 0.792. The third-order valence-corrected chi connectivity index (χ3v) is 2.28. The van der Waals surface area contributed by atoms with Crippen LogP contribution in [0.1, 0.15) is 11.1 Å². The fourth-order valence-electron chi connectivity index (χ4n) is 1.38. The number of nitrogens with zero attached hydrogens (tertiary/aromatic N) is 2. The second kappa shape index (κ2) is 4.62. The molecule has 1 aromatic carbocycles. The van der Waals surface area contributed by atoms with Crippen LogP contribution >= 0.6 is 0 Å². The Bertz CT molecular complexity index is 590. The fourth-order valence-corrected chi connectivity index (χ4v) is 1.38. The third kappa shape index (κ3) is 2.23. The normalized spacial score (nSPS) is 9.71. The smallest absolute Gasteiger partial charge is 0.237 e. The third-order valence-electron chi connectivity index (χ3n) is 2.28. The van der Waals surface area contributed by atoms with Crippen molar-refractivity contribution in [3.8, 4) is 17.7 Å². The van der Waals surface area contributed by atoms with E-state index < -0.39 is 5.82 Å². The minimum Gasteiger partial charge on any atom is -0.435 e. The number of halogens is 1. The lowest BCUT2D eigenvalue weighted by molar-refractivity contribution is 0.426. The molecule has 2 aromatic rings. The summed E-state index contributed by atoms with van der Waals surface area (Å²) in [4.78, 5) is 3.94. The zero-order valence-corrected chi connectivity index (χ0v) is 9.14. The van der Waals surface area contributed by atoms with E-state index in [1.165, 1.54) is 18.3 Å². The summed E-state index contributed by atoms with van der Waals surface area (Å²) in [6.07, 6.45) is 1.52. The number of hydrogen-bond acceptors (Lipinski definition) is 3. The van der Waals surface area contributed by atoms with Gasteiger partial charge >= 0.3 is 0 Å². The highest BCUT2D eigenvalue weighted by Crippen LogP contribution is 2.26. The van der Waals surface area contributed by atoms with Gasteiger partial charge in [-0.05, 0) is 30.7 Å². The second-order valence-electron chi connectivity index (χ2n) is 3.45. The molecule has 0 atom stereocenters. The molecule has 84 valence electrons. The van der Waals surface area contributed by atoms with Crippen LogP contribution in [0.2, 0.25) is 0 Å². The number of rotatable bonds is 2. The van der Waals surface area contributed by atoms with Gasteiger partial charge < -0.3 is 4.74 Å². The molecule has 0 bridgehead atoms. The summed E-state index contributed by atoms with van der Waals surface area (Å²) in [6.45, 7) is 1.77. The number of nitriles is 1. The molecule has 0 unspecified atom stereocenters. The van der Waals surface area contributed by atoms with Crippen LogP contribution in [0.5, 0.6) is 11.6 Å². The van der Waals surface area contributed by atoms with Gasteiger partial charge in [-0.25, -0.2) is 9.37 Å². The number of aromatic nitrogens is 1. The van der Waals surface area contributed by atoms with Crippen molar-refractivity contribution in [3.05, 3.63) is 53.5 Å². The summed E-state index contributed by atoms with van der Waals surface area (Å²) in [5.74, 6) is -0.306. The lowest BCUT2D eigenvalue weighted by Gasteiger charge is -2.07. The van der Waals surface area contributed by atoms with Crippen molar-refractivity contribution in [2.45, 2.75) is 6.92 Å². The Balaban J connectivity index is 2.41. The van der Waals surface area contributed by atoms with Crippen molar-refractivity contribution in [2.75, 3.05) is 0 Å². The lowest BCUT2D eigenvalue weighted by atomic mass is 10.2. The standard InChI is InChI=1S/C13H9FN2O/c1-9-6-7-16-13(10(9)8-15)17-12-5-3-2-4-11(12)14/h2-7H,1H3. The Labute approximate surface area is 98.1 Å². The van der Waals surface area contributed by atoms with Crippen LogP contribution in [0.4, 0.5) is 4.39 Å². The maximum atomic E-state index is 13.4. The Kier molecular flexibility index (Phi) is 3.01. The fraction of sp³-hybridized carbons (Fsp3) is 0.0769. The van der Waals surface area contributed by atoms with E-state index in [0.29, 0.717) is 5.56 Å². The van der Waals surface area contributed by atoms with Gasteiger partial charge in [-0.3, -0.25) is 0 Å². The van der Waals surface area contributed by atoms with E-state index in [4.69, 9.17) is 10.00 Å². The molecule has 0 radical (unpaired) electrons. The summed E-state index contributed by atoms with van der Waals surface area (Å²) < 4.78 is 18.7. The van der Waals surface area contributed by atoms with Gasteiger partial charge in [0.2, 0.25) is 5.88 Å². The predicted molar refractivity (Wildman–Crippen MR) is 60.2 cm³/mol. The first-order chi connectivity index (χ1) is 8.22. The van der Waals surface area contributed by atoms with Gasteiger partial charge in [-0.1, -0.05) is 12.1 Å². The highest BCUT2D eigenvalue weighted by atomic mass is 19.1. The molecule has 0 N–H and O–H groups in total. The molecule has 0 fully saturated rings. The number of pyridine rings is 1. The number of ether oxygens (including phenoxy) is 1. The molecule has 1 heterocycles. The molecule has 0 aliphatic heterocycles. The van der Waals surface area contributed by atoms with Crippen molar-refractivity contribution in [1.82, 2.24) is 4.98 Å². The van der Waals surface area contributed by atoms with Gasteiger partial charge in [0.05, 0.1) is 0 Å². The van der Waals surface area contributed by atoms with E-state index >= 15 is 0 Å². The minimum absolute atomic E-state index is 0.0575. The zero-order chi connectivity index (χ0) is 12.3. The first-order valence-corrected chi connectivity index (χ1v) is 5.00. The number of benzene rings is 1. The van der Waals surface area contributed by atoms with Crippen LogP contribution < -0.4 is 4.74 Å². The molecular weight excluding hydrogens is 219 g/mol. The van der Waals surface area contributed by atoms with Gasteiger partial charge in [-0.15, -0.1) is 0 Å². The average Bonchev–Trinajstić information content (AvgIpc) is 2.32. The highest BCUT2D eigenvalue weighted by Gasteiger charge is 2.10. The van der Waals surface area contributed by atoms with Crippen LogP contribution in [0, 0.1) is 24.1 Å². The lowest BCUT2D eigenvalue weighted by Crippen LogP contribution is -1.95. The van der Waals surface area contributed by atoms with Gasteiger partial charge in [0.1, 0.15) is 11.6 Å². The van der Waals surface area contributed by atoms with Crippen LogP contribution in [0.15, 0.2) is 36.5 Å². The van der Waals surface area contributed by atoms with Crippen molar-refractivity contribution in [2.24, 2.45) is 0 Å². The molecular formula is C13H9FN2O. The maximum Gasteiger partial charge on any atom is 0.237 e. The van der Waals surface area contributed by atoms with Crippen LogP contribution in [0.25, 0.3) is 0 Å². The summed E-state index contributed by atoms with van der Waals surface area (Å²) in [5, 5.41) is 8.98. The van der Waals surface area contributed by atoms with Crippen LogP contribution in [-0.4, -0.2) is 4.98 Å². The average molecular weight is 228 g/mol. The van der Waals surface area contributed by atoms with E-state index in [1.807, 2.05) is 6.07 Å². The van der Waals surface area contributed by atoms with E-state index in [-0.39, 0.29) is 11.6 Å². The Morgan fingerprint density at radius 1 is 1.29 bits per heavy atom. The van der Waals surface area contributed by atoms with E-state index in [0.717, 1.165) is 5.56 Å². The van der Waals surface area contributed by atoms with Gasteiger partial charge in [0, 0.05) is 6.20 Å². The molecule has 1 aromatic heterocycles. The first-order valence-electron chi connectivity index (χ1n) is 5.00. The SMILES string of the molecule is Cc1ccnc(Oc2ccccc2F)c1C#N. The Morgan fingerprint density at radius 3 is 2.76 bits per heavy atom. The number of aryl methyl sites for hydroxylation is 1. The topological polar surface area (TPSA) is 45.9 Å². The van der Waals surface area contributed by atoms with E-state index in [9.17, 15) is 4.39 Å². The van der Waals surface area contributed by atoms with Crippen LogP contribution in [-0.2, 0) is 0 Å². The second-order valence-corrected chi connectivity index (χ2v) is 3.45. The van der Waals surface area contributed by atoms with Gasteiger partial charge in [0.25, 0.3) is 0 Å². The van der Waals surface area contributed by atoms with E-state index in [1.54, 1.807) is 25.1 Å². The molecule has 4 heteroatoms. The molecule has 3 nitrogen and oxygen atoms in total. The summed E-state index contributed by atoms with van der Waals surface area (Å²) in [6, 6.07) is 9.69. The van der Waals surface area contributed by atoms with Crippen LogP contribution in [0.3, 0.4) is 0 Å². The summed E-state index contributed by atoms with van der Waals surface area (Å²) in [7, 11) is 0. The highest BCUT2D eigenvalue weighted by molar-refractivity contribution is 5.45. The molecule has 0 saturated carbocycles. The van der Waals surface area contributed by atoms with Crippen molar-refractivity contribution >= 4 is 0 Å². The van der Waals surface area contributed by atoms with Gasteiger partial charge in [-0.2, -0.15) is 5.26 Å². The molecule has 0 aliphatic carbocycles. The summed E-state index contributed by atoms with van der Waals surface area (Å²) >= 11 is 0. The molecule has 0 saturated heterocycles. The number of hydrogen-bond donors (Lipinski definition) is 0. The zero-order valence-electron chi connectivity index (χ0n) is 9.14. The molecule has 17 heavy (non-hydrogen) atoms. The van der Waals surface area contributed by atoms with Crippen molar-refractivity contribution < 1.29 is 9.13 Å². The minimum atomic E-state index is -0.486. The van der Waals surface area contributed by atoms with Crippen molar-refractivity contribution in [3.63, 3.8) is 0 Å². The van der Waals surface area contributed by atoms with Crippen molar-refractivity contribution in [1.29, 1.82) is 5.26 Å². The first kappa shape index (κ1) is 11.1. The molecule has 0 spiro atoms. The molecule has 0 aliphatic rings.